The van der Waals surface area contributed by atoms with Crippen molar-refractivity contribution in [3.05, 3.63) is 0 Å². The van der Waals surface area contributed by atoms with Crippen LogP contribution in [0.3, 0.4) is 0 Å². The largest absolute Gasteiger partial charge is 0.374 e. The Balaban J connectivity index is 3.34. The third kappa shape index (κ3) is 8.26. The first-order chi connectivity index (χ1) is 6.06. The zero-order valence-electron chi connectivity index (χ0n) is 9.76. The minimum Gasteiger partial charge on any atom is -0.374 e. The van der Waals surface area contributed by atoms with Gasteiger partial charge in [0, 0.05) is 6.54 Å². The van der Waals surface area contributed by atoms with Crippen molar-refractivity contribution in [2.24, 2.45) is 5.92 Å². The molecular formula is C11H25NO. The molecule has 13 heavy (non-hydrogen) atoms. The smallest absolute Gasteiger partial charge is 0.0674 e. The van der Waals surface area contributed by atoms with E-state index in [0.717, 1.165) is 25.4 Å². The molecule has 0 heterocycles. The van der Waals surface area contributed by atoms with Crippen LogP contribution in [0.5, 0.6) is 0 Å². The number of rotatable bonds is 7. The molecule has 0 saturated carbocycles. The summed E-state index contributed by atoms with van der Waals surface area (Å²) in [6.07, 6.45) is 1.80. The van der Waals surface area contributed by atoms with E-state index in [1.165, 1.54) is 0 Å². The van der Waals surface area contributed by atoms with Crippen molar-refractivity contribution in [3.8, 4) is 0 Å². The highest BCUT2D eigenvalue weighted by Gasteiger charge is 2.06. The summed E-state index contributed by atoms with van der Waals surface area (Å²) in [4.78, 5) is 0. The molecule has 0 saturated heterocycles. The summed E-state index contributed by atoms with van der Waals surface area (Å²) in [5.41, 5.74) is 0. The van der Waals surface area contributed by atoms with E-state index in [9.17, 15) is 0 Å². The summed E-state index contributed by atoms with van der Waals surface area (Å²) in [6.45, 7) is 12.9. The molecule has 0 amide bonds. The Morgan fingerprint density at radius 3 is 2.08 bits per heavy atom. The zero-order valence-corrected chi connectivity index (χ0v) is 9.76. The molecule has 2 nitrogen and oxygen atoms in total. The summed E-state index contributed by atoms with van der Waals surface area (Å²) >= 11 is 0. The highest BCUT2D eigenvalue weighted by molar-refractivity contribution is 4.59. The van der Waals surface area contributed by atoms with E-state index in [2.05, 4.69) is 39.9 Å². The monoisotopic (exact) mass is 187 g/mol. The Morgan fingerprint density at radius 1 is 1.00 bits per heavy atom. The minimum absolute atomic E-state index is 0.327. The lowest BCUT2D eigenvalue weighted by Crippen LogP contribution is -2.31. The molecule has 0 fully saturated rings. The van der Waals surface area contributed by atoms with E-state index in [4.69, 9.17) is 4.74 Å². The fourth-order valence-electron chi connectivity index (χ4n) is 1.12. The van der Waals surface area contributed by atoms with Crippen molar-refractivity contribution in [1.82, 2.24) is 5.32 Å². The molecule has 0 aliphatic carbocycles. The van der Waals surface area contributed by atoms with E-state index in [1.807, 2.05) is 0 Å². The van der Waals surface area contributed by atoms with Crippen LogP contribution in [-0.2, 0) is 4.74 Å². The van der Waals surface area contributed by atoms with Gasteiger partial charge in [0.1, 0.15) is 0 Å². The van der Waals surface area contributed by atoms with Gasteiger partial charge in [-0.2, -0.15) is 0 Å². The molecule has 0 radical (unpaired) electrons. The number of hydrogen-bond acceptors (Lipinski definition) is 2. The average Bonchev–Trinajstić information content (AvgIpc) is 2.03. The first-order valence-electron chi connectivity index (χ1n) is 5.42. The predicted octanol–water partition coefficient (Wildman–Crippen LogP) is 2.44. The van der Waals surface area contributed by atoms with Crippen LogP contribution in [0.1, 0.15) is 41.0 Å². The standard InChI is InChI=1S/C11H25NO/c1-6-10(4)13-11(5)8-12-7-9(2)3/h9-12H,6-8H2,1-5H3. The van der Waals surface area contributed by atoms with Gasteiger partial charge >= 0.3 is 0 Å². The van der Waals surface area contributed by atoms with Gasteiger partial charge in [-0.25, -0.2) is 0 Å². The molecule has 2 heteroatoms. The van der Waals surface area contributed by atoms with Crippen LogP contribution in [-0.4, -0.2) is 25.3 Å². The van der Waals surface area contributed by atoms with E-state index < -0.39 is 0 Å². The highest BCUT2D eigenvalue weighted by Crippen LogP contribution is 2.00. The van der Waals surface area contributed by atoms with Crippen molar-refractivity contribution in [3.63, 3.8) is 0 Å². The second-order valence-electron chi connectivity index (χ2n) is 4.22. The van der Waals surface area contributed by atoms with E-state index in [1.54, 1.807) is 0 Å². The quantitative estimate of drug-likeness (QED) is 0.661. The lowest BCUT2D eigenvalue weighted by molar-refractivity contribution is 0.00728. The molecule has 0 bridgehead atoms. The van der Waals surface area contributed by atoms with Crippen molar-refractivity contribution < 1.29 is 4.74 Å². The van der Waals surface area contributed by atoms with Gasteiger partial charge in [-0.15, -0.1) is 0 Å². The van der Waals surface area contributed by atoms with Gasteiger partial charge in [-0.3, -0.25) is 0 Å². The fraction of sp³-hybridized carbons (Fsp3) is 1.00. The molecule has 0 aliphatic heterocycles. The topological polar surface area (TPSA) is 21.3 Å². The maximum atomic E-state index is 5.72. The second-order valence-corrected chi connectivity index (χ2v) is 4.22. The first kappa shape index (κ1) is 12.9. The van der Waals surface area contributed by atoms with Crippen molar-refractivity contribution in [1.29, 1.82) is 0 Å². The molecule has 1 N–H and O–H groups in total. The third-order valence-corrected chi connectivity index (χ3v) is 2.02. The second kappa shape index (κ2) is 7.34. The Hall–Kier alpha value is -0.0800. The minimum atomic E-state index is 0.327. The van der Waals surface area contributed by atoms with Crippen LogP contribution in [0.25, 0.3) is 0 Å². The molecule has 0 aromatic heterocycles. The van der Waals surface area contributed by atoms with Gasteiger partial charge in [0.05, 0.1) is 12.2 Å². The van der Waals surface area contributed by atoms with Gasteiger partial charge < -0.3 is 10.1 Å². The van der Waals surface area contributed by atoms with Crippen molar-refractivity contribution in [2.45, 2.75) is 53.2 Å². The maximum Gasteiger partial charge on any atom is 0.0674 e. The Bertz CT molecular complexity index is 115. The molecule has 80 valence electrons. The van der Waals surface area contributed by atoms with Gasteiger partial charge in [-0.05, 0) is 32.7 Å². The molecule has 0 aromatic carbocycles. The Morgan fingerprint density at radius 2 is 1.62 bits per heavy atom. The van der Waals surface area contributed by atoms with Gasteiger partial charge in [-0.1, -0.05) is 20.8 Å². The van der Waals surface area contributed by atoms with Crippen LogP contribution < -0.4 is 5.32 Å². The predicted molar refractivity (Wildman–Crippen MR) is 58.0 cm³/mol. The van der Waals surface area contributed by atoms with Crippen molar-refractivity contribution >= 4 is 0 Å². The summed E-state index contributed by atoms with van der Waals surface area (Å²) < 4.78 is 5.72. The van der Waals surface area contributed by atoms with E-state index in [0.29, 0.717) is 12.2 Å². The maximum absolute atomic E-state index is 5.72. The molecule has 0 aliphatic rings. The summed E-state index contributed by atoms with van der Waals surface area (Å²) in [5, 5.41) is 3.39. The van der Waals surface area contributed by atoms with Gasteiger partial charge in [0.15, 0.2) is 0 Å². The molecule has 0 rings (SSSR count). The van der Waals surface area contributed by atoms with Gasteiger partial charge in [0.25, 0.3) is 0 Å². The van der Waals surface area contributed by atoms with Crippen LogP contribution in [0, 0.1) is 5.92 Å². The number of ether oxygens (including phenoxy) is 1. The highest BCUT2D eigenvalue weighted by atomic mass is 16.5. The summed E-state index contributed by atoms with van der Waals surface area (Å²) in [5.74, 6) is 0.718. The normalized spacial score (nSPS) is 16.2. The molecule has 0 aromatic rings. The molecule has 2 atom stereocenters. The molecule has 2 unspecified atom stereocenters. The number of hydrogen-bond donors (Lipinski definition) is 1. The van der Waals surface area contributed by atoms with Crippen LogP contribution in [0.4, 0.5) is 0 Å². The lowest BCUT2D eigenvalue weighted by Gasteiger charge is -2.19. The van der Waals surface area contributed by atoms with Crippen LogP contribution in [0.15, 0.2) is 0 Å². The van der Waals surface area contributed by atoms with Crippen LogP contribution in [0.2, 0.25) is 0 Å². The first-order valence-corrected chi connectivity index (χ1v) is 5.42. The summed E-state index contributed by atoms with van der Waals surface area (Å²) in [7, 11) is 0. The molecule has 0 spiro atoms. The van der Waals surface area contributed by atoms with Crippen LogP contribution >= 0.6 is 0 Å². The van der Waals surface area contributed by atoms with E-state index >= 15 is 0 Å². The van der Waals surface area contributed by atoms with Crippen molar-refractivity contribution in [2.75, 3.05) is 13.1 Å². The zero-order chi connectivity index (χ0) is 10.3. The third-order valence-electron chi connectivity index (χ3n) is 2.02. The number of nitrogens with one attached hydrogen (secondary N) is 1. The average molecular weight is 187 g/mol. The summed E-state index contributed by atoms with van der Waals surface area (Å²) in [6, 6.07) is 0. The SMILES string of the molecule is CCC(C)OC(C)CNCC(C)C. The molecular weight excluding hydrogens is 162 g/mol. The Kier molecular flexibility index (Phi) is 7.29. The van der Waals surface area contributed by atoms with Gasteiger partial charge in [0.2, 0.25) is 0 Å². The van der Waals surface area contributed by atoms with E-state index in [-0.39, 0.29) is 0 Å². The fourth-order valence-corrected chi connectivity index (χ4v) is 1.12. The Labute approximate surface area is 83.1 Å². The lowest BCUT2D eigenvalue weighted by atomic mass is 10.2.